The van der Waals surface area contributed by atoms with Gasteiger partial charge in [-0.1, -0.05) is 33.1 Å². The van der Waals surface area contributed by atoms with Gasteiger partial charge < -0.3 is 5.11 Å². The normalized spacial score (nSPS) is 38.6. The number of hydrogen-bond donors (Lipinski definition) is 1. The van der Waals surface area contributed by atoms with E-state index in [0.717, 1.165) is 19.5 Å². The number of piperidine rings is 1. The molecule has 3 nitrogen and oxygen atoms in total. The molecule has 3 atom stereocenters. The van der Waals surface area contributed by atoms with Crippen LogP contribution in [0, 0.1) is 11.8 Å². The summed E-state index contributed by atoms with van der Waals surface area (Å²) >= 11 is 0. The van der Waals surface area contributed by atoms with Crippen LogP contribution in [0.1, 0.15) is 58.8 Å². The van der Waals surface area contributed by atoms with E-state index in [2.05, 4.69) is 18.7 Å². The number of carbonyl (C=O) groups is 1. The molecule has 0 spiro atoms. The number of carboxylic acid groups (broad SMARTS) is 1. The second-order valence-corrected chi connectivity index (χ2v) is 6.38. The summed E-state index contributed by atoms with van der Waals surface area (Å²) in [4.78, 5) is 13.9. The van der Waals surface area contributed by atoms with E-state index >= 15 is 0 Å². The first-order valence-electron chi connectivity index (χ1n) is 7.53. The minimum atomic E-state index is -0.624. The van der Waals surface area contributed by atoms with Gasteiger partial charge in [0.2, 0.25) is 0 Å². The lowest BCUT2D eigenvalue weighted by Crippen LogP contribution is -2.59. The molecule has 2 fully saturated rings. The molecule has 0 aromatic rings. The fourth-order valence-corrected chi connectivity index (χ4v) is 4.15. The maximum atomic E-state index is 11.3. The van der Waals surface area contributed by atoms with Crippen molar-refractivity contribution >= 4 is 5.97 Å². The van der Waals surface area contributed by atoms with Gasteiger partial charge in [-0.25, -0.2) is 0 Å². The van der Waals surface area contributed by atoms with Gasteiger partial charge in [-0.3, -0.25) is 9.69 Å². The van der Waals surface area contributed by atoms with Crippen molar-refractivity contribution < 1.29 is 9.90 Å². The predicted molar refractivity (Wildman–Crippen MR) is 72.6 cm³/mol. The fraction of sp³-hybridized carbons (Fsp3) is 0.933. The van der Waals surface area contributed by atoms with Gasteiger partial charge in [-0.2, -0.15) is 0 Å². The molecule has 1 heterocycles. The first-order chi connectivity index (χ1) is 8.56. The maximum absolute atomic E-state index is 11.3. The van der Waals surface area contributed by atoms with E-state index in [-0.39, 0.29) is 5.54 Å². The highest BCUT2D eigenvalue weighted by atomic mass is 16.4. The van der Waals surface area contributed by atoms with Crippen LogP contribution >= 0.6 is 0 Å². The Bertz CT molecular complexity index is 299. The molecule has 1 saturated heterocycles. The van der Waals surface area contributed by atoms with Crippen LogP contribution in [0.3, 0.4) is 0 Å². The highest BCUT2D eigenvalue weighted by Gasteiger charge is 2.47. The van der Waals surface area contributed by atoms with Gasteiger partial charge in [-0.05, 0) is 44.2 Å². The van der Waals surface area contributed by atoms with E-state index in [4.69, 9.17) is 0 Å². The molecule has 2 rings (SSSR count). The summed E-state index contributed by atoms with van der Waals surface area (Å²) in [5.41, 5.74) is -0.0656. The topological polar surface area (TPSA) is 40.5 Å². The molecule has 18 heavy (non-hydrogen) atoms. The Kier molecular flexibility index (Phi) is 4.31. The first kappa shape index (κ1) is 13.9. The van der Waals surface area contributed by atoms with E-state index in [9.17, 15) is 9.90 Å². The number of rotatable bonds is 3. The monoisotopic (exact) mass is 253 g/mol. The quantitative estimate of drug-likeness (QED) is 0.840. The van der Waals surface area contributed by atoms with E-state index in [1.165, 1.54) is 32.1 Å². The van der Waals surface area contributed by atoms with Gasteiger partial charge in [0.15, 0.2) is 0 Å². The van der Waals surface area contributed by atoms with Crippen molar-refractivity contribution in [2.45, 2.75) is 64.3 Å². The molecule has 0 bridgehead atoms. The van der Waals surface area contributed by atoms with Crippen LogP contribution in [0.4, 0.5) is 0 Å². The number of aliphatic carboxylic acids is 1. The summed E-state index contributed by atoms with van der Waals surface area (Å²) < 4.78 is 0. The van der Waals surface area contributed by atoms with Crippen molar-refractivity contribution in [3.63, 3.8) is 0 Å². The molecule has 104 valence electrons. The Morgan fingerprint density at radius 1 is 1.22 bits per heavy atom. The predicted octanol–water partition coefficient (Wildman–Crippen LogP) is 3.14. The van der Waals surface area contributed by atoms with Gasteiger partial charge in [0, 0.05) is 5.54 Å². The lowest BCUT2D eigenvalue weighted by molar-refractivity contribution is -0.144. The van der Waals surface area contributed by atoms with Crippen LogP contribution in [-0.2, 0) is 4.79 Å². The average Bonchev–Trinajstić information content (AvgIpc) is 2.35. The lowest BCUT2D eigenvalue weighted by atomic mass is 9.65. The minimum Gasteiger partial charge on any atom is -0.481 e. The maximum Gasteiger partial charge on any atom is 0.305 e. The standard InChI is InChI=1S/C15H27NO2/c1-12-7-6-8-15(13(12)2,11-14(17)18)16-9-4-3-5-10-16/h12-13H,3-11H2,1-2H3,(H,17,18). The van der Waals surface area contributed by atoms with Crippen molar-refractivity contribution in [1.29, 1.82) is 0 Å². The molecule has 1 saturated carbocycles. The van der Waals surface area contributed by atoms with Crippen molar-refractivity contribution in [3.8, 4) is 0 Å². The zero-order valence-electron chi connectivity index (χ0n) is 11.8. The second kappa shape index (κ2) is 5.60. The molecule has 0 amide bonds. The molecular formula is C15H27NO2. The Hall–Kier alpha value is -0.570. The molecule has 0 aromatic carbocycles. The Morgan fingerprint density at radius 3 is 2.50 bits per heavy atom. The fourth-order valence-electron chi connectivity index (χ4n) is 4.15. The summed E-state index contributed by atoms with van der Waals surface area (Å²) in [6.07, 6.45) is 7.64. The van der Waals surface area contributed by atoms with Gasteiger partial charge >= 0.3 is 5.97 Å². The van der Waals surface area contributed by atoms with Crippen molar-refractivity contribution in [2.75, 3.05) is 13.1 Å². The van der Waals surface area contributed by atoms with Crippen LogP contribution in [-0.4, -0.2) is 34.6 Å². The Balaban J connectivity index is 2.22. The summed E-state index contributed by atoms with van der Waals surface area (Å²) in [6.45, 7) is 6.78. The zero-order chi connectivity index (χ0) is 13.2. The van der Waals surface area contributed by atoms with E-state index < -0.39 is 5.97 Å². The van der Waals surface area contributed by atoms with Gasteiger partial charge in [-0.15, -0.1) is 0 Å². The molecule has 1 aliphatic carbocycles. The van der Waals surface area contributed by atoms with Crippen molar-refractivity contribution in [1.82, 2.24) is 4.90 Å². The highest BCUT2D eigenvalue weighted by molar-refractivity contribution is 5.68. The third-order valence-corrected chi connectivity index (χ3v) is 5.41. The number of likely N-dealkylation sites (tertiary alicyclic amines) is 1. The largest absolute Gasteiger partial charge is 0.481 e. The molecule has 1 N–H and O–H groups in total. The summed E-state index contributed by atoms with van der Waals surface area (Å²) in [5, 5.41) is 9.34. The van der Waals surface area contributed by atoms with E-state index in [1.54, 1.807) is 0 Å². The Morgan fingerprint density at radius 2 is 1.89 bits per heavy atom. The van der Waals surface area contributed by atoms with Gasteiger partial charge in [0.05, 0.1) is 6.42 Å². The molecule has 2 aliphatic rings. The van der Waals surface area contributed by atoms with Gasteiger partial charge in [0.25, 0.3) is 0 Å². The molecular weight excluding hydrogens is 226 g/mol. The van der Waals surface area contributed by atoms with Crippen LogP contribution in [0.25, 0.3) is 0 Å². The van der Waals surface area contributed by atoms with Crippen molar-refractivity contribution in [2.24, 2.45) is 11.8 Å². The zero-order valence-corrected chi connectivity index (χ0v) is 11.8. The SMILES string of the molecule is CC1CCCC(CC(=O)O)(N2CCCCC2)C1C. The van der Waals surface area contributed by atoms with Gasteiger partial charge in [0.1, 0.15) is 0 Å². The van der Waals surface area contributed by atoms with Crippen LogP contribution in [0.15, 0.2) is 0 Å². The Labute approximate surface area is 111 Å². The van der Waals surface area contributed by atoms with Crippen molar-refractivity contribution in [3.05, 3.63) is 0 Å². The summed E-state index contributed by atoms with van der Waals surface area (Å²) in [7, 11) is 0. The summed E-state index contributed by atoms with van der Waals surface area (Å²) in [5.74, 6) is 0.530. The highest BCUT2D eigenvalue weighted by Crippen LogP contribution is 2.44. The second-order valence-electron chi connectivity index (χ2n) is 6.38. The van der Waals surface area contributed by atoms with Crippen LogP contribution in [0.5, 0.6) is 0 Å². The number of hydrogen-bond acceptors (Lipinski definition) is 2. The number of carboxylic acids is 1. The van der Waals surface area contributed by atoms with Crippen LogP contribution in [0.2, 0.25) is 0 Å². The smallest absolute Gasteiger partial charge is 0.305 e. The molecule has 1 aliphatic heterocycles. The van der Waals surface area contributed by atoms with E-state index in [0.29, 0.717) is 18.3 Å². The molecule has 0 radical (unpaired) electrons. The average molecular weight is 253 g/mol. The number of nitrogens with zero attached hydrogens (tertiary/aromatic N) is 1. The first-order valence-corrected chi connectivity index (χ1v) is 7.53. The summed E-state index contributed by atoms with van der Waals surface area (Å²) in [6, 6.07) is 0. The molecule has 3 heteroatoms. The van der Waals surface area contributed by atoms with E-state index in [1.807, 2.05) is 0 Å². The minimum absolute atomic E-state index is 0.0656. The lowest BCUT2D eigenvalue weighted by Gasteiger charge is -2.53. The molecule has 0 aromatic heterocycles. The molecule has 3 unspecified atom stereocenters. The van der Waals surface area contributed by atoms with Crippen LogP contribution < -0.4 is 0 Å². The third kappa shape index (κ3) is 2.56. The third-order valence-electron chi connectivity index (χ3n) is 5.41.